The second kappa shape index (κ2) is 5.89. The molecule has 5 heteroatoms. The smallest absolute Gasteiger partial charge is 0.338 e. The summed E-state index contributed by atoms with van der Waals surface area (Å²) in [6.07, 6.45) is 2.69. The first-order valence-corrected chi connectivity index (χ1v) is 8.16. The van der Waals surface area contributed by atoms with E-state index in [1.54, 1.807) is 18.3 Å². The molecular weight excluding hydrogens is 290 g/mol. The Labute approximate surface area is 125 Å². The molecule has 1 aliphatic heterocycles. The van der Waals surface area contributed by atoms with E-state index in [9.17, 15) is 4.79 Å². The second-order valence-corrected chi connectivity index (χ2v) is 6.87. The van der Waals surface area contributed by atoms with Gasteiger partial charge in [0.2, 0.25) is 0 Å². The van der Waals surface area contributed by atoms with Gasteiger partial charge in [-0.25, -0.2) is 9.78 Å². The number of rotatable bonds is 4. The molecule has 0 aliphatic carbocycles. The SMILES string of the molecule is O=C(O)c1cccnc1SCC1Cc2ccccc2S1. The Balaban J connectivity index is 1.66. The van der Waals surface area contributed by atoms with Crippen LogP contribution in [0.25, 0.3) is 0 Å². The van der Waals surface area contributed by atoms with E-state index in [0.29, 0.717) is 10.3 Å². The maximum atomic E-state index is 11.1. The minimum Gasteiger partial charge on any atom is -0.478 e. The molecule has 3 rings (SSSR count). The van der Waals surface area contributed by atoms with Crippen LogP contribution in [0.3, 0.4) is 0 Å². The topological polar surface area (TPSA) is 50.2 Å². The zero-order valence-electron chi connectivity index (χ0n) is 10.7. The second-order valence-electron chi connectivity index (χ2n) is 4.52. The number of aromatic nitrogens is 1. The van der Waals surface area contributed by atoms with Crippen LogP contribution in [-0.4, -0.2) is 27.1 Å². The normalized spacial score (nSPS) is 16.9. The fraction of sp³-hybridized carbons (Fsp3) is 0.200. The molecule has 0 fully saturated rings. The molecule has 2 aromatic rings. The van der Waals surface area contributed by atoms with Crippen molar-refractivity contribution in [2.45, 2.75) is 21.6 Å². The van der Waals surface area contributed by atoms with Crippen LogP contribution in [-0.2, 0) is 6.42 Å². The zero-order valence-corrected chi connectivity index (χ0v) is 12.3. The molecule has 1 aromatic heterocycles. The quantitative estimate of drug-likeness (QED) is 0.875. The van der Waals surface area contributed by atoms with Crippen LogP contribution in [0.1, 0.15) is 15.9 Å². The van der Waals surface area contributed by atoms with E-state index in [2.05, 4.69) is 29.2 Å². The van der Waals surface area contributed by atoms with E-state index >= 15 is 0 Å². The van der Waals surface area contributed by atoms with Gasteiger partial charge in [-0.15, -0.1) is 23.5 Å². The first kappa shape index (κ1) is 13.5. The predicted octanol–water partition coefficient (Wildman–Crippen LogP) is 3.59. The highest BCUT2D eigenvalue weighted by Crippen LogP contribution is 2.39. The third kappa shape index (κ3) is 2.83. The number of carboxylic acids is 1. The van der Waals surface area contributed by atoms with Crippen molar-refractivity contribution in [1.82, 2.24) is 4.98 Å². The van der Waals surface area contributed by atoms with Crippen molar-refractivity contribution in [3.8, 4) is 0 Å². The molecule has 1 aromatic carbocycles. The fourth-order valence-corrected chi connectivity index (χ4v) is 4.65. The summed E-state index contributed by atoms with van der Waals surface area (Å²) in [5.74, 6) is -0.0423. The molecular formula is C15H13NO2S2. The zero-order chi connectivity index (χ0) is 13.9. The van der Waals surface area contributed by atoms with E-state index in [1.807, 2.05) is 11.8 Å². The van der Waals surface area contributed by atoms with E-state index < -0.39 is 5.97 Å². The molecule has 1 N–H and O–H groups in total. The van der Waals surface area contributed by atoms with Crippen LogP contribution in [0.4, 0.5) is 0 Å². The van der Waals surface area contributed by atoms with Gasteiger partial charge in [-0.1, -0.05) is 18.2 Å². The van der Waals surface area contributed by atoms with Gasteiger partial charge in [0.25, 0.3) is 0 Å². The Morgan fingerprint density at radius 1 is 1.35 bits per heavy atom. The molecule has 0 radical (unpaired) electrons. The molecule has 0 bridgehead atoms. The average molecular weight is 303 g/mol. The molecule has 0 saturated heterocycles. The van der Waals surface area contributed by atoms with E-state index in [0.717, 1.165) is 12.2 Å². The third-order valence-electron chi connectivity index (χ3n) is 3.12. The van der Waals surface area contributed by atoms with Crippen molar-refractivity contribution in [2.75, 3.05) is 5.75 Å². The number of hydrogen-bond donors (Lipinski definition) is 1. The summed E-state index contributed by atoms with van der Waals surface area (Å²) < 4.78 is 0. The lowest BCUT2D eigenvalue weighted by Gasteiger charge is -2.08. The van der Waals surface area contributed by atoms with Crippen molar-refractivity contribution in [2.24, 2.45) is 0 Å². The summed E-state index contributed by atoms with van der Waals surface area (Å²) in [5, 5.41) is 10.2. The van der Waals surface area contributed by atoms with Crippen LogP contribution in [0.5, 0.6) is 0 Å². The van der Waals surface area contributed by atoms with Gasteiger partial charge in [0.1, 0.15) is 5.03 Å². The van der Waals surface area contributed by atoms with E-state index in [4.69, 9.17) is 5.11 Å². The predicted molar refractivity (Wildman–Crippen MR) is 81.7 cm³/mol. The van der Waals surface area contributed by atoms with Crippen molar-refractivity contribution >= 4 is 29.5 Å². The molecule has 20 heavy (non-hydrogen) atoms. The number of carboxylic acid groups (broad SMARTS) is 1. The van der Waals surface area contributed by atoms with Crippen LogP contribution < -0.4 is 0 Å². The Morgan fingerprint density at radius 3 is 3.00 bits per heavy atom. The maximum absolute atomic E-state index is 11.1. The van der Waals surface area contributed by atoms with Gasteiger partial charge in [-0.3, -0.25) is 0 Å². The lowest BCUT2D eigenvalue weighted by atomic mass is 10.1. The number of hydrogen-bond acceptors (Lipinski definition) is 4. The number of thioether (sulfide) groups is 2. The lowest BCUT2D eigenvalue weighted by Crippen LogP contribution is -2.06. The van der Waals surface area contributed by atoms with E-state index in [1.165, 1.54) is 22.2 Å². The first-order valence-electron chi connectivity index (χ1n) is 6.29. The largest absolute Gasteiger partial charge is 0.478 e. The number of fused-ring (bicyclic) bond motifs is 1. The summed E-state index contributed by atoms with van der Waals surface area (Å²) in [4.78, 5) is 16.7. The van der Waals surface area contributed by atoms with Crippen molar-refractivity contribution in [3.63, 3.8) is 0 Å². The molecule has 1 aliphatic rings. The molecule has 2 heterocycles. The van der Waals surface area contributed by atoms with Gasteiger partial charge in [0.05, 0.1) is 5.56 Å². The molecule has 0 saturated carbocycles. The Bertz CT molecular complexity index is 620. The average Bonchev–Trinajstić information content (AvgIpc) is 2.88. The van der Waals surface area contributed by atoms with Crippen LogP contribution in [0.2, 0.25) is 0 Å². The summed E-state index contributed by atoms with van der Waals surface area (Å²) >= 11 is 3.40. The lowest BCUT2D eigenvalue weighted by molar-refractivity contribution is 0.0692. The van der Waals surface area contributed by atoms with Gasteiger partial charge in [0, 0.05) is 22.1 Å². The standard InChI is InChI=1S/C15H13NO2S2/c17-15(18)12-5-3-7-16-14(12)19-9-11-8-10-4-1-2-6-13(10)20-11/h1-7,11H,8-9H2,(H,17,18). The summed E-state index contributed by atoms with van der Waals surface area (Å²) in [6, 6.07) is 11.7. The molecule has 3 nitrogen and oxygen atoms in total. The number of nitrogens with zero attached hydrogens (tertiary/aromatic N) is 1. The van der Waals surface area contributed by atoms with Crippen LogP contribution in [0, 0.1) is 0 Å². The van der Waals surface area contributed by atoms with Gasteiger partial charge >= 0.3 is 5.97 Å². The summed E-state index contributed by atoms with van der Waals surface area (Å²) in [7, 11) is 0. The summed E-state index contributed by atoms with van der Waals surface area (Å²) in [6.45, 7) is 0. The minimum absolute atomic E-state index is 0.290. The van der Waals surface area contributed by atoms with Crippen molar-refractivity contribution in [1.29, 1.82) is 0 Å². The molecule has 1 atom stereocenters. The van der Waals surface area contributed by atoms with Crippen molar-refractivity contribution in [3.05, 3.63) is 53.7 Å². The Hall–Kier alpha value is -1.46. The molecule has 0 amide bonds. The highest BCUT2D eigenvalue weighted by Gasteiger charge is 2.22. The number of pyridine rings is 1. The third-order valence-corrected chi connectivity index (χ3v) is 5.82. The number of carbonyl (C=O) groups is 1. The Morgan fingerprint density at radius 2 is 2.20 bits per heavy atom. The maximum Gasteiger partial charge on any atom is 0.338 e. The van der Waals surface area contributed by atoms with Crippen LogP contribution in [0.15, 0.2) is 52.5 Å². The van der Waals surface area contributed by atoms with Gasteiger partial charge in [-0.2, -0.15) is 0 Å². The number of aromatic carboxylic acids is 1. The van der Waals surface area contributed by atoms with Crippen molar-refractivity contribution < 1.29 is 9.90 Å². The molecule has 0 spiro atoms. The first-order chi connectivity index (χ1) is 9.74. The van der Waals surface area contributed by atoms with Gasteiger partial charge in [-0.05, 0) is 30.2 Å². The molecule has 1 unspecified atom stereocenters. The van der Waals surface area contributed by atoms with Crippen LogP contribution >= 0.6 is 23.5 Å². The van der Waals surface area contributed by atoms with E-state index in [-0.39, 0.29) is 5.56 Å². The minimum atomic E-state index is -0.914. The van der Waals surface area contributed by atoms with Gasteiger partial charge < -0.3 is 5.11 Å². The van der Waals surface area contributed by atoms with Gasteiger partial charge in [0.15, 0.2) is 0 Å². The summed E-state index contributed by atoms with van der Waals surface area (Å²) in [5.41, 5.74) is 1.68. The number of benzene rings is 1. The highest BCUT2D eigenvalue weighted by molar-refractivity contribution is 8.03. The highest BCUT2D eigenvalue weighted by atomic mass is 32.2. The fourth-order valence-electron chi connectivity index (χ4n) is 2.19. The molecule has 102 valence electrons. The monoisotopic (exact) mass is 303 g/mol. The Kier molecular flexibility index (Phi) is 3.98.